The van der Waals surface area contributed by atoms with E-state index < -0.39 is 17.5 Å². The Morgan fingerprint density at radius 2 is 1.45 bits per heavy atom. The third kappa shape index (κ3) is 7.56. The molecule has 0 aliphatic heterocycles. The molecule has 4 heteroatoms. The fourth-order valence-corrected chi connectivity index (χ4v) is 5.45. The smallest absolute Gasteiger partial charge is 0.199 e. The molecule has 0 unspecified atom stereocenters. The summed E-state index contributed by atoms with van der Waals surface area (Å²) in [6.07, 6.45) is 19.4. The summed E-state index contributed by atoms with van der Waals surface area (Å²) >= 11 is 0. The van der Waals surface area contributed by atoms with Crippen molar-refractivity contribution < 1.29 is 13.2 Å². The van der Waals surface area contributed by atoms with Crippen LogP contribution in [0.15, 0.2) is 42.3 Å². The van der Waals surface area contributed by atoms with Crippen molar-refractivity contribution in [1.82, 2.24) is 0 Å². The van der Waals surface area contributed by atoms with Gasteiger partial charge in [-0.3, -0.25) is 0 Å². The third-order valence-corrected chi connectivity index (χ3v) is 7.44. The van der Waals surface area contributed by atoms with Crippen LogP contribution in [0.4, 0.5) is 13.2 Å². The second-order valence-electron chi connectivity index (χ2n) is 9.49. The van der Waals surface area contributed by atoms with Gasteiger partial charge in [-0.25, -0.2) is 8.78 Å². The molecule has 3 rings (SSSR count). The minimum Gasteiger partial charge on any atom is -0.204 e. The van der Waals surface area contributed by atoms with Crippen LogP contribution in [-0.2, 0) is 0 Å². The van der Waals surface area contributed by atoms with E-state index in [0.29, 0.717) is 5.92 Å². The molecule has 1 nitrogen and oxygen atoms in total. The molecule has 31 heavy (non-hydrogen) atoms. The number of allylic oxidation sites excluding steroid dienone is 4. The lowest BCUT2D eigenvalue weighted by Gasteiger charge is -2.32. The fourth-order valence-electron chi connectivity index (χ4n) is 5.45. The van der Waals surface area contributed by atoms with Gasteiger partial charge >= 0.3 is 0 Å². The van der Waals surface area contributed by atoms with Gasteiger partial charge in [-0.1, -0.05) is 56.7 Å². The summed E-state index contributed by atoms with van der Waals surface area (Å²) in [5.41, 5.74) is 0.955. The normalized spacial score (nSPS) is 27.4. The first kappa shape index (κ1) is 23.6. The first-order valence-electron chi connectivity index (χ1n) is 11.9. The van der Waals surface area contributed by atoms with Gasteiger partial charge in [-0.05, 0) is 86.0 Å². The van der Waals surface area contributed by atoms with E-state index in [4.69, 9.17) is 5.26 Å². The zero-order valence-corrected chi connectivity index (χ0v) is 18.3. The summed E-state index contributed by atoms with van der Waals surface area (Å²) in [6, 6.07) is 5.87. The largest absolute Gasteiger partial charge is 0.204 e. The van der Waals surface area contributed by atoms with Gasteiger partial charge in [-0.15, -0.1) is 0 Å². The molecule has 0 radical (unpaired) electrons. The molecule has 2 saturated carbocycles. The average molecular weight is 430 g/mol. The zero-order chi connectivity index (χ0) is 22.1. The Bertz CT molecular complexity index is 791. The number of nitrogens with zero attached hydrogens (tertiary/aromatic N) is 1. The quantitative estimate of drug-likeness (QED) is 0.300. The van der Waals surface area contributed by atoms with E-state index in [-0.39, 0.29) is 0 Å². The first-order chi connectivity index (χ1) is 15.0. The van der Waals surface area contributed by atoms with Gasteiger partial charge in [0.25, 0.3) is 0 Å². The molecular formula is C27H34F3N. The van der Waals surface area contributed by atoms with Gasteiger partial charge in [0.1, 0.15) is 6.07 Å². The second kappa shape index (κ2) is 12.1. The van der Waals surface area contributed by atoms with E-state index in [1.54, 1.807) is 12.1 Å². The molecule has 2 aliphatic carbocycles. The van der Waals surface area contributed by atoms with Crippen LogP contribution in [0.5, 0.6) is 0 Å². The highest BCUT2D eigenvalue weighted by molar-refractivity contribution is 5.22. The van der Waals surface area contributed by atoms with Crippen molar-refractivity contribution in [2.24, 2.45) is 17.8 Å². The van der Waals surface area contributed by atoms with Crippen LogP contribution < -0.4 is 0 Å². The number of hydrogen-bond donors (Lipinski definition) is 0. The topological polar surface area (TPSA) is 23.8 Å². The molecule has 0 spiro atoms. The van der Waals surface area contributed by atoms with Gasteiger partial charge in [0.15, 0.2) is 17.5 Å². The van der Waals surface area contributed by atoms with Crippen molar-refractivity contribution in [2.45, 2.75) is 83.0 Å². The van der Waals surface area contributed by atoms with Crippen molar-refractivity contribution in [1.29, 1.82) is 5.26 Å². The van der Waals surface area contributed by atoms with Gasteiger partial charge < -0.3 is 0 Å². The highest BCUT2D eigenvalue weighted by Crippen LogP contribution is 2.40. The number of hydrogen-bond acceptors (Lipinski definition) is 1. The molecule has 0 bridgehead atoms. The highest BCUT2D eigenvalue weighted by atomic mass is 19.2. The summed E-state index contributed by atoms with van der Waals surface area (Å²) in [7, 11) is 0. The fraction of sp³-hybridized carbons (Fsp3) is 0.593. The van der Waals surface area contributed by atoms with Crippen molar-refractivity contribution >= 4 is 0 Å². The predicted molar refractivity (Wildman–Crippen MR) is 119 cm³/mol. The SMILES string of the molecule is N#C/C(F)=C/C=C/CC[C@H]1CC[C@H](CC[C@H]2CC[C@H](c3ccc(F)c(F)c3)CC2)CC1. The molecule has 0 amide bonds. The zero-order valence-electron chi connectivity index (χ0n) is 18.3. The maximum absolute atomic E-state index is 13.5. The first-order valence-corrected chi connectivity index (χ1v) is 11.9. The van der Waals surface area contributed by atoms with Crippen LogP contribution in [0, 0.1) is 40.7 Å². The van der Waals surface area contributed by atoms with E-state index in [1.807, 2.05) is 6.08 Å². The van der Waals surface area contributed by atoms with Crippen LogP contribution in [0.1, 0.15) is 88.5 Å². The van der Waals surface area contributed by atoms with E-state index >= 15 is 0 Å². The van der Waals surface area contributed by atoms with Crippen molar-refractivity contribution in [2.75, 3.05) is 0 Å². The van der Waals surface area contributed by atoms with E-state index in [2.05, 4.69) is 0 Å². The minimum atomic E-state index is -0.758. The lowest BCUT2D eigenvalue weighted by Crippen LogP contribution is -2.18. The van der Waals surface area contributed by atoms with Crippen LogP contribution in [0.2, 0.25) is 0 Å². The van der Waals surface area contributed by atoms with Gasteiger partial charge in [0, 0.05) is 0 Å². The molecular weight excluding hydrogens is 395 g/mol. The summed E-state index contributed by atoms with van der Waals surface area (Å²) in [5.74, 6) is 0.562. The molecule has 0 atom stereocenters. The molecule has 1 aromatic carbocycles. The maximum atomic E-state index is 13.5. The highest BCUT2D eigenvalue weighted by Gasteiger charge is 2.25. The second-order valence-corrected chi connectivity index (χ2v) is 9.49. The van der Waals surface area contributed by atoms with Crippen LogP contribution in [0.3, 0.4) is 0 Å². The molecule has 2 fully saturated rings. The van der Waals surface area contributed by atoms with Crippen LogP contribution in [-0.4, -0.2) is 0 Å². The lowest BCUT2D eigenvalue weighted by molar-refractivity contribution is 0.225. The molecule has 0 saturated heterocycles. The summed E-state index contributed by atoms with van der Waals surface area (Å²) in [4.78, 5) is 0. The number of nitriles is 1. The molecule has 0 heterocycles. The third-order valence-electron chi connectivity index (χ3n) is 7.44. The summed E-state index contributed by atoms with van der Waals surface area (Å²) in [5, 5.41) is 8.37. The Balaban J connectivity index is 1.29. The van der Waals surface area contributed by atoms with Crippen molar-refractivity contribution in [3.05, 3.63) is 59.5 Å². The number of halogens is 3. The minimum absolute atomic E-state index is 0.378. The van der Waals surface area contributed by atoms with Crippen LogP contribution in [0.25, 0.3) is 0 Å². The van der Waals surface area contributed by atoms with Gasteiger partial charge in [0.05, 0.1) is 0 Å². The van der Waals surface area contributed by atoms with Gasteiger partial charge in [0.2, 0.25) is 0 Å². The summed E-state index contributed by atoms with van der Waals surface area (Å²) in [6.45, 7) is 0. The number of rotatable bonds is 8. The van der Waals surface area contributed by atoms with E-state index in [9.17, 15) is 13.2 Å². The average Bonchev–Trinajstić information content (AvgIpc) is 2.80. The molecule has 2 aliphatic rings. The van der Waals surface area contributed by atoms with Gasteiger partial charge in [-0.2, -0.15) is 9.65 Å². The Hall–Kier alpha value is -2.02. The lowest BCUT2D eigenvalue weighted by atomic mass is 9.74. The van der Waals surface area contributed by atoms with E-state index in [1.165, 1.54) is 75.6 Å². The predicted octanol–water partition coefficient (Wildman–Crippen LogP) is 8.54. The Labute approximate surface area is 185 Å². The standard InChI is InChI=1S/C27H34F3N/c28-25(19-31)5-3-1-2-4-20-6-8-21(9-7-20)10-11-22-12-14-23(15-13-22)24-16-17-26(29)27(30)18-24/h1,3,5,16-18,20-23H,2,4,6-15H2/b3-1+,25-5-/t20-,21-,22-,23-. The Kier molecular flexibility index (Phi) is 9.25. The molecule has 0 aromatic heterocycles. The van der Waals surface area contributed by atoms with Crippen molar-refractivity contribution in [3.63, 3.8) is 0 Å². The molecule has 0 N–H and O–H groups in total. The molecule has 1 aromatic rings. The Morgan fingerprint density at radius 3 is 2.03 bits per heavy atom. The monoisotopic (exact) mass is 429 g/mol. The van der Waals surface area contributed by atoms with Crippen molar-refractivity contribution in [3.8, 4) is 6.07 Å². The van der Waals surface area contributed by atoms with E-state index in [0.717, 1.165) is 49.0 Å². The summed E-state index contributed by atoms with van der Waals surface area (Å²) < 4.78 is 39.4. The van der Waals surface area contributed by atoms with Crippen LogP contribution >= 0.6 is 0 Å². The Morgan fingerprint density at radius 1 is 0.871 bits per heavy atom. The maximum Gasteiger partial charge on any atom is 0.199 e. The number of benzene rings is 1. The molecule has 168 valence electrons.